The second-order valence-corrected chi connectivity index (χ2v) is 7.54. The third kappa shape index (κ3) is 3.47. The molecule has 1 fully saturated rings. The first-order valence-electron chi connectivity index (χ1n) is 8.20. The quantitative estimate of drug-likeness (QED) is 0.254. The fraction of sp³-hybridized carbons (Fsp3) is 0. The number of rotatable bonds is 4. The number of thioether (sulfide) groups is 1. The van der Waals surface area contributed by atoms with E-state index in [1.165, 1.54) is 28.8 Å². The molecule has 0 saturated carbocycles. The average molecular weight is 408 g/mol. The fourth-order valence-electron chi connectivity index (χ4n) is 2.75. The van der Waals surface area contributed by atoms with Crippen molar-refractivity contribution >= 4 is 51.7 Å². The summed E-state index contributed by atoms with van der Waals surface area (Å²) >= 11 is 6.55. The largest absolute Gasteiger partial charge is 0.457 e. The Kier molecular flexibility index (Phi) is 4.81. The number of nitrogens with zero attached hydrogens (tertiary/aromatic N) is 2. The van der Waals surface area contributed by atoms with Gasteiger partial charge in [0.05, 0.1) is 15.5 Å². The second kappa shape index (κ2) is 7.41. The van der Waals surface area contributed by atoms with E-state index in [4.69, 9.17) is 16.6 Å². The van der Waals surface area contributed by atoms with Crippen LogP contribution in [0.25, 0.3) is 17.4 Å². The van der Waals surface area contributed by atoms with Gasteiger partial charge >= 0.3 is 0 Å². The van der Waals surface area contributed by atoms with Gasteiger partial charge < -0.3 is 4.42 Å². The van der Waals surface area contributed by atoms with Gasteiger partial charge in [-0.15, -0.1) is 0 Å². The first kappa shape index (κ1) is 18.1. The lowest BCUT2D eigenvalue weighted by Gasteiger charge is -2.13. The number of carbonyl (C=O) groups excluding carboxylic acids is 1. The van der Waals surface area contributed by atoms with Crippen molar-refractivity contribution in [2.24, 2.45) is 0 Å². The number of anilines is 1. The lowest BCUT2D eigenvalue weighted by molar-refractivity contribution is -0.384. The summed E-state index contributed by atoms with van der Waals surface area (Å²) in [6, 6.07) is 18.8. The van der Waals surface area contributed by atoms with E-state index in [1.54, 1.807) is 30.3 Å². The smallest absolute Gasteiger partial charge is 0.270 e. The molecule has 0 spiro atoms. The van der Waals surface area contributed by atoms with Crippen LogP contribution in [0.2, 0.25) is 0 Å². The number of furan rings is 1. The highest BCUT2D eigenvalue weighted by atomic mass is 32.2. The standard InChI is InChI=1S/C20H12N2O4S2/c23-19-18(28-20(27)21(19)14-6-2-1-3-7-14)12-16-9-10-17(26-16)13-5-4-8-15(11-13)22(24)25/h1-12H/b18-12+. The number of thiocarbonyl (C=S) groups is 1. The molecule has 1 amide bonds. The molecule has 3 aromatic rings. The molecule has 0 N–H and O–H groups in total. The maximum atomic E-state index is 12.7. The highest BCUT2D eigenvalue weighted by Gasteiger charge is 2.33. The normalized spacial score (nSPS) is 15.4. The lowest BCUT2D eigenvalue weighted by Crippen LogP contribution is -2.27. The van der Waals surface area contributed by atoms with Crippen LogP contribution in [-0.2, 0) is 4.79 Å². The highest BCUT2D eigenvalue weighted by Crippen LogP contribution is 2.36. The van der Waals surface area contributed by atoms with Crippen LogP contribution < -0.4 is 4.90 Å². The van der Waals surface area contributed by atoms with Crippen LogP contribution in [0.5, 0.6) is 0 Å². The molecule has 28 heavy (non-hydrogen) atoms. The topological polar surface area (TPSA) is 76.6 Å². The first-order valence-corrected chi connectivity index (χ1v) is 9.43. The Morgan fingerprint density at radius 3 is 2.61 bits per heavy atom. The number of hydrogen-bond acceptors (Lipinski definition) is 6. The van der Waals surface area contributed by atoms with E-state index in [9.17, 15) is 14.9 Å². The molecular weight excluding hydrogens is 396 g/mol. The number of para-hydroxylation sites is 1. The van der Waals surface area contributed by atoms with Gasteiger partial charge in [-0.1, -0.05) is 54.3 Å². The van der Waals surface area contributed by atoms with Gasteiger partial charge in [0.2, 0.25) is 0 Å². The van der Waals surface area contributed by atoms with Crippen molar-refractivity contribution in [2.75, 3.05) is 4.90 Å². The number of nitro groups is 1. The summed E-state index contributed by atoms with van der Waals surface area (Å²) in [4.78, 5) is 25.2. The van der Waals surface area contributed by atoms with E-state index in [0.29, 0.717) is 32.0 Å². The molecule has 4 rings (SSSR count). The van der Waals surface area contributed by atoms with Gasteiger partial charge in [-0.3, -0.25) is 19.8 Å². The van der Waals surface area contributed by atoms with Crippen molar-refractivity contribution in [1.82, 2.24) is 0 Å². The van der Waals surface area contributed by atoms with Crippen molar-refractivity contribution in [3.8, 4) is 11.3 Å². The van der Waals surface area contributed by atoms with Gasteiger partial charge in [0.25, 0.3) is 11.6 Å². The second-order valence-electron chi connectivity index (χ2n) is 5.86. The zero-order valence-corrected chi connectivity index (χ0v) is 15.9. The third-order valence-electron chi connectivity index (χ3n) is 4.05. The van der Waals surface area contributed by atoms with Crippen LogP contribution in [0.15, 0.2) is 76.1 Å². The number of nitro benzene ring substituents is 1. The maximum absolute atomic E-state index is 12.7. The van der Waals surface area contributed by atoms with E-state index >= 15 is 0 Å². The molecular formula is C20H12N2O4S2. The van der Waals surface area contributed by atoms with Crippen LogP contribution in [0.3, 0.4) is 0 Å². The van der Waals surface area contributed by atoms with E-state index in [2.05, 4.69) is 0 Å². The minimum absolute atomic E-state index is 0.0146. The number of carbonyl (C=O) groups is 1. The van der Waals surface area contributed by atoms with Gasteiger partial charge in [0, 0.05) is 23.8 Å². The summed E-state index contributed by atoms with van der Waals surface area (Å²) in [6.45, 7) is 0. The molecule has 0 radical (unpaired) electrons. The van der Waals surface area contributed by atoms with E-state index in [-0.39, 0.29) is 11.6 Å². The zero-order valence-electron chi connectivity index (χ0n) is 14.3. The minimum atomic E-state index is -0.456. The predicted molar refractivity (Wildman–Crippen MR) is 113 cm³/mol. The Hall–Kier alpha value is -3.23. The molecule has 2 heterocycles. The molecule has 8 heteroatoms. The van der Waals surface area contributed by atoms with Crippen molar-refractivity contribution in [2.45, 2.75) is 0 Å². The van der Waals surface area contributed by atoms with Crippen LogP contribution in [0.4, 0.5) is 11.4 Å². The zero-order chi connectivity index (χ0) is 19.7. The van der Waals surface area contributed by atoms with Gasteiger partial charge in [-0.25, -0.2) is 0 Å². The summed E-state index contributed by atoms with van der Waals surface area (Å²) in [6.07, 6.45) is 1.63. The van der Waals surface area contributed by atoms with Gasteiger partial charge in [-0.05, 0) is 24.3 Å². The summed E-state index contributed by atoms with van der Waals surface area (Å²) in [5.74, 6) is 0.734. The molecule has 0 unspecified atom stereocenters. The monoisotopic (exact) mass is 408 g/mol. The van der Waals surface area contributed by atoms with Crippen LogP contribution >= 0.6 is 24.0 Å². The van der Waals surface area contributed by atoms with Crippen molar-refractivity contribution < 1.29 is 14.1 Å². The Morgan fingerprint density at radius 2 is 1.86 bits per heavy atom. The Balaban J connectivity index is 1.61. The molecule has 6 nitrogen and oxygen atoms in total. The molecule has 0 atom stereocenters. The first-order chi connectivity index (χ1) is 13.5. The number of hydrogen-bond donors (Lipinski definition) is 0. The summed E-state index contributed by atoms with van der Waals surface area (Å²) in [7, 11) is 0. The SMILES string of the molecule is O=C1/C(=C\c2ccc(-c3cccc([N+](=O)[O-])c3)o2)SC(=S)N1c1ccccc1. The summed E-state index contributed by atoms with van der Waals surface area (Å²) in [5.41, 5.74) is 1.29. The lowest BCUT2D eigenvalue weighted by atomic mass is 10.1. The van der Waals surface area contributed by atoms with Crippen LogP contribution in [0.1, 0.15) is 5.76 Å². The maximum Gasteiger partial charge on any atom is 0.270 e. The number of amides is 1. The third-order valence-corrected chi connectivity index (χ3v) is 5.35. The molecule has 1 aliphatic heterocycles. The molecule has 0 bridgehead atoms. The van der Waals surface area contributed by atoms with Crippen LogP contribution in [0, 0.1) is 10.1 Å². The van der Waals surface area contributed by atoms with Gasteiger partial charge in [0.1, 0.15) is 11.5 Å². The Bertz CT molecular complexity index is 1120. The van der Waals surface area contributed by atoms with Crippen molar-refractivity contribution in [1.29, 1.82) is 0 Å². The number of benzene rings is 2. The molecule has 0 aliphatic carbocycles. The summed E-state index contributed by atoms with van der Waals surface area (Å²) in [5, 5.41) is 10.9. The van der Waals surface area contributed by atoms with Gasteiger partial charge in [0.15, 0.2) is 4.32 Å². The Labute approximate surface area is 169 Å². The predicted octanol–water partition coefficient (Wildman–Crippen LogP) is 5.26. The van der Waals surface area contributed by atoms with Crippen molar-refractivity contribution in [3.05, 3.63) is 87.5 Å². The van der Waals surface area contributed by atoms with E-state index in [0.717, 1.165) is 0 Å². The van der Waals surface area contributed by atoms with Crippen molar-refractivity contribution in [3.63, 3.8) is 0 Å². The highest BCUT2D eigenvalue weighted by molar-refractivity contribution is 8.27. The molecule has 138 valence electrons. The fourth-order valence-corrected chi connectivity index (χ4v) is 4.03. The summed E-state index contributed by atoms with van der Waals surface area (Å²) < 4.78 is 6.22. The van der Waals surface area contributed by atoms with E-state index in [1.807, 2.05) is 30.3 Å². The minimum Gasteiger partial charge on any atom is -0.457 e. The Morgan fingerprint density at radius 1 is 1.07 bits per heavy atom. The molecule has 1 aliphatic rings. The van der Waals surface area contributed by atoms with Crippen LogP contribution in [-0.4, -0.2) is 15.2 Å². The molecule has 2 aromatic carbocycles. The molecule has 1 saturated heterocycles. The van der Waals surface area contributed by atoms with E-state index < -0.39 is 4.92 Å². The number of non-ortho nitro benzene ring substituents is 1. The molecule has 1 aromatic heterocycles. The average Bonchev–Trinajstić information content (AvgIpc) is 3.27. The van der Waals surface area contributed by atoms with Gasteiger partial charge in [-0.2, -0.15) is 0 Å².